The zero-order chi connectivity index (χ0) is 18.0. The molecular formula is C19H18N2O4. The smallest absolute Gasteiger partial charge is 0.337 e. The molecule has 2 aromatic rings. The van der Waals surface area contributed by atoms with Crippen molar-refractivity contribution in [1.29, 1.82) is 0 Å². The molecule has 2 aromatic carbocycles. The normalized spacial score (nSPS) is 19.7. The number of urea groups is 1. The molecule has 0 unspecified atom stereocenters. The van der Waals surface area contributed by atoms with Gasteiger partial charge in [0.05, 0.1) is 19.2 Å². The molecule has 0 saturated carbocycles. The van der Waals surface area contributed by atoms with Crippen molar-refractivity contribution in [2.24, 2.45) is 0 Å². The number of ether oxygens (including phenoxy) is 1. The third-order valence-electron chi connectivity index (χ3n) is 4.34. The lowest BCUT2D eigenvalue weighted by Gasteiger charge is -2.22. The van der Waals surface area contributed by atoms with Gasteiger partial charge in [-0.05, 0) is 30.2 Å². The van der Waals surface area contributed by atoms with Crippen LogP contribution >= 0.6 is 0 Å². The van der Waals surface area contributed by atoms with Crippen molar-refractivity contribution < 1.29 is 19.1 Å². The molecule has 25 heavy (non-hydrogen) atoms. The zero-order valence-electron chi connectivity index (χ0n) is 14.0. The molecule has 6 heteroatoms. The summed E-state index contributed by atoms with van der Waals surface area (Å²) in [7, 11) is 1.31. The number of amides is 3. The van der Waals surface area contributed by atoms with Crippen LogP contribution < -0.4 is 5.32 Å². The van der Waals surface area contributed by atoms with Crippen molar-refractivity contribution in [3.05, 3.63) is 71.3 Å². The van der Waals surface area contributed by atoms with Gasteiger partial charge >= 0.3 is 12.0 Å². The number of nitrogens with zero attached hydrogens (tertiary/aromatic N) is 1. The molecule has 0 spiro atoms. The van der Waals surface area contributed by atoms with Crippen molar-refractivity contribution >= 4 is 17.9 Å². The fourth-order valence-electron chi connectivity index (χ4n) is 2.85. The number of rotatable bonds is 4. The van der Waals surface area contributed by atoms with Gasteiger partial charge in [-0.1, -0.05) is 42.5 Å². The summed E-state index contributed by atoms with van der Waals surface area (Å²) in [6.07, 6.45) is 0. The van der Waals surface area contributed by atoms with E-state index in [1.807, 2.05) is 30.3 Å². The second kappa shape index (κ2) is 6.39. The molecule has 1 heterocycles. The average molecular weight is 338 g/mol. The van der Waals surface area contributed by atoms with E-state index >= 15 is 0 Å². The zero-order valence-corrected chi connectivity index (χ0v) is 14.0. The van der Waals surface area contributed by atoms with Gasteiger partial charge in [0.1, 0.15) is 5.54 Å². The van der Waals surface area contributed by atoms with Gasteiger partial charge in [-0.15, -0.1) is 0 Å². The van der Waals surface area contributed by atoms with E-state index in [0.717, 1.165) is 11.1 Å². The first-order chi connectivity index (χ1) is 12.0. The predicted octanol–water partition coefficient (Wildman–Crippen LogP) is 2.44. The number of imide groups is 1. The minimum absolute atomic E-state index is 0.133. The van der Waals surface area contributed by atoms with Crippen LogP contribution in [0.5, 0.6) is 0 Å². The average Bonchev–Trinajstić information content (AvgIpc) is 2.86. The van der Waals surface area contributed by atoms with Gasteiger partial charge in [0.15, 0.2) is 0 Å². The molecule has 128 valence electrons. The first-order valence-corrected chi connectivity index (χ1v) is 7.82. The van der Waals surface area contributed by atoms with Gasteiger partial charge in [0, 0.05) is 0 Å². The van der Waals surface area contributed by atoms with Crippen molar-refractivity contribution in [3.8, 4) is 0 Å². The second-order valence-corrected chi connectivity index (χ2v) is 6.00. The third kappa shape index (κ3) is 2.98. The Labute approximate surface area is 145 Å². The summed E-state index contributed by atoms with van der Waals surface area (Å²) in [5.41, 5.74) is 0.813. The van der Waals surface area contributed by atoms with Crippen LogP contribution in [0.4, 0.5) is 4.79 Å². The molecule has 0 aromatic heterocycles. The molecule has 6 nitrogen and oxygen atoms in total. The van der Waals surface area contributed by atoms with Crippen LogP contribution in [0.2, 0.25) is 0 Å². The number of hydrogen-bond acceptors (Lipinski definition) is 4. The topological polar surface area (TPSA) is 75.7 Å². The molecule has 0 bridgehead atoms. The van der Waals surface area contributed by atoms with Gasteiger partial charge in [-0.3, -0.25) is 9.69 Å². The lowest BCUT2D eigenvalue weighted by atomic mass is 9.92. The Kier molecular flexibility index (Phi) is 4.27. The predicted molar refractivity (Wildman–Crippen MR) is 90.7 cm³/mol. The van der Waals surface area contributed by atoms with Crippen LogP contribution in [0.25, 0.3) is 0 Å². The summed E-state index contributed by atoms with van der Waals surface area (Å²) < 4.78 is 4.65. The maximum absolute atomic E-state index is 12.8. The molecule has 1 atom stereocenters. The van der Waals surface area contributed by atoms with Crippen molar-refractivity contribution in [2.45, 2.75) is 19.0 Å². The van der Waals surface area contributed by atoms with Gasteiger partial charge in [0.2, 0.25) is 0 Å². The van der Waals surface area contributed by atoms with E-state index in [2.05, 4.69) is 10.1 Å². The maximum Gasteiger partial charge on any atom is 0.337 e. The Morgan fingerprint density at radius 2 is 1.72 bits per heavy atom. The van der Waals surface area contributed by atoms with Gasteiger partial charge < -0.3 is 10.1 Å². The third-order valence-corrected chi connectivity index (χ3v) is 4.34. The number of carbonyl (C=O) groups excluding carboxylic acids is 3. The SMILES string of the molecule is COC(=O)c1ccc(CN2C(=O)N[C@@](C)(c3ccccc3)C2=O)cc1. The Bertz CT molecular complexity index is 817. The van der Waals surface area contributed by atoms with E-state index in [9.17, 15) is 14.4 Å². The van der Waals surface area contributed by atoms with E-state index < -0.39 is 17.5 Å². The minimum atomic E-state index is -1.08. The Balaban J connectivity index is 1.81. The molecule has 1 fully saturated rings. The number of hydrogen-bond donors (Lipinski definition) is 1. The van der Waals surface area contributed by atoms with Gasteiger partial charge in [0.25, 0.3) is 5.91 Å². The monoisotopic (exact) mass is 338 g/mol. The number of nitrogens with one attached hydrogen (secondary N) is 1. The van der Waals surface area contributed by atoms with Crippen molar-refractivity contribution in [1.82, 2.24) is 10.2 Å². The van der Waals surface area contributed by atoms with Crippen LogP contribution in [-0.2, 0) is 21.6 Å². The van der Waals surface area contributed by atoms with Crippen LogP contribution in [0.1, 0.15) is 28.4 Å². The summed E-state index contributed by atoms with van der Waals surface area (Å²) in [4.78, 5) is 37.8. The number of benzene rings is 2. The van der Waals surface area contributed by atoms with Crippen LogP contribution in [-0.4, -0.2) is 29.9 Å². The van der Waals surface area contributed by atoms with E-state index in [1.165, 1.54) is 12.0 Å². The molecular weight excluding hydrogens is 320 g/mol. The highest BCUT2D eigenvalue weighted by Gasteiger charge is 2.48. The lowest BCUT2D eigenvalue weighted by molar-refractivity contribution is -0.131. The largest absolute Gasteiger partial charge is 0.465 e. The van der Waals surface area contributed by atoms with Crippen LogP contribution in [0, 0.1) is 0 Å². The summed E-state index contributed by atoms with van der Waals surface area (Å²) >= 11 is 0. The fourth-order valence-corrected chi connectivity index (χ4v) is 2.85. The van der Waals surface area contributed by atoms with E-state index in [4.69, 9.17) is 0 Å². The molecule has 3 amide bonds. The quantitative estimate of drug-likeness (QED) is 0.686. The van der Waals surface area contributed by atoms with Gasteiger partial charge in [-0.2, -0.15) is 0 Å². The van der Waals surface area contributed by atoms with E-state index in [0.29, 0.717) is 5.56 Å². The molecule has 1 saturated heterocycles. The van der Waals surface area contributed by atoms with Gasteiger partial charge in [-0.25, -0.2) is 9.59 Å². The van der Waals surface area contributed by atoms with Crippen LogP contribution in [0.3, 0.4) is 0 Å². The Morgan fingerprint density at radius 3 is 2.32 bits per heavy atom. The number of methoxy groups -OCH3 is 1. The first kappa shape index (κ1) is 16.7. The fraction of sp³-hybridized carbons (Fsp3) is 0.211. The van der Waals surface area contributed by atoms with Crippen molar-refractivity contribution in [2.75, 3.05) is 7.11 Å². The van der Waals surface area contributed by atoms with Crippen LogP contribution in [0.15, 0.2) is 54.6 Å². The maximum atomic E-state index is 12.8. The summed E-state index contributed by atoms with van der Waals surface area (Å²) in [5, 5.41) is 2.77. The number of esters is 1. The Hall–Kier alpha value is -3.15. The summed E-state index contributed by atoms with van der Waals surface area (Å²) in [5.74, 6) is -0.737. The van der Waals surface area contributed by atoms with E-state index in [-0.39, 0.29) is 12.5 Å². The standard InChI is InChI=1S/C19H18N2O4/c1-19(15-6-4-3-5-7-15)17(23)21(18(24)20-19)12-13-8-10-14(11-9-13)16(22)25-2/h3-11H,12H2,1-2H3,(H,20,24)/t19-/m0/s1. The highest BCUT2D eigenvalue weighted by atomic mass is 16.5. The molecule has 1 N–H and O–H groups in total. The summed E-state index contributed by atoms with van der Waals surface area (Å²) in [6.45, 7) is 1.83. The minimum Gasteiger partial charge on any atom is -0.465 e. The molecule has 1 aliphatic heterocycles. The van der Waals surface area contributed by atoms with E-state index in [1.54, 1.807) is 31.2 Å². The highest BCUT2D eigenvalue weighted by Crippen LogP contribution is 2.29. The molecule has 1 aliphatic rings. The first-order valence-electron chi connectivity index (χ1n) is 7.82. The lowest BCUT2D eigenvalue weighted by Crippen LogP contribution is -2.40. The Morgan fingerprint density at radius 1 is 1.08 bits per heavy atom. The summed E-state index contributed by atoms with van der Waals surface area (Å²) in [6, 6.07) is 15.3. The molecule has 0 radical (unpaired) electrons. The highest BCUT2D eigenvalue weighted by molar-refractivity contribution is 6.07. The van der Waals surface area contributed by atoms with Crippen molar-refractivity contribution in [3.63, 3.8) is 0 Å². The second-order valence-electron chi connectivity index (χ2n) is 6.00. The number of carbonyl (C=O) groups is 3. The molecule has 3 rings (SSSR count). The molecule has 0 aliphatic carbocycles.